The number of nitrogens with one attached hydrogen (secondary N) is 1. The molecule has 1 saturated heterocycles. The van der Waals surface area contributed by atoms with Gasteiger partial charge in [0.15, 0.2) is 0 Å². The molecule has 2 rings (SSSR count). The highest BCUT2D eigenvalue weighted by Crippen LogP contribution is 2.22. The summed E-state index contributed by atoms with van der Waals surface area (Å²) in [5.41, 5.74) is 1.33. The van der Waals surface area contributed by atoms with Gasteiger partial charge in [-0.2, -0.15) is 0 Å². The van der Waals surface area contributed by atoms with Gasteiger partial charge in [0.1, 0.15) is 0 Å². The fourth-order valence-corrected chi connectivity index (χ4v) is 2.38. The van der Waals surface area contributed by atoms with Crippen LogP contribution in [0, 0.1) is 0 Å². The number of methoxy groups -OCH3 is 1. The summed E-state index contributed by atoms with van der Waals surface area (Å²) < 4.78 is 7.35. The van der Waals surface area contributed by atoms with Crippen molar-refractivity contribution in [2.75, 3.05) is 40.4 Å². The van der Waals surface area contributed by atoms with E-state index in [1.165, 1.54) is 18.5 Å². The van der Waals surface area contributed by atoms with E-state index in [-0.39, 0.29) is 0 Å². The third-order valence-corrected chi connectivity index (χ3v) is 3.56. The average Bonchev–Trinajstić information content (AvgIpc) is 3.03. The molecule has 1 atom stereocenters. The Labute approximate surface area is 109 Å². The van der Waals surface area contributed by atoms with Gasteiger partial charge in [0.05, 0.1) is 18.6 Å². The molecule has 2 heterocycles. The SMILES string of the molecule is COCCN(C)CCn1cncc1[C@@H]1CCCN1. The maximum Gasteiger partial charge on any atom is 0.0949 e. The molecule has 1 N–H and O–H groups in total. The number of imidazole rings is 1. The van der Waals surface area contributed by atoms with Crippen LogP contribution in [-0.4, -0.2) is 54.8 Å². The van der Waals surface area contributed by atoms with Gasteiger partial charge in [0.25, 0.3) is 0 Å². The third-order valence-electron chi connectivity index (χ3n) is 3.56. The number of hydrogen-bond donors (Lipinski definition) is 1. The highest BCUT2D eigenvalue weighted by molar-refractivity contribution is 5.07. The van der Waals surface area contributed by atoms with E-state index in [1.54, 1.807) is 7.11 Å². The van der Waals surface area contributed by atoms with Crippen molar-refractivity contribution in [3.8, 4) is 0 Å². The molecular formula is C13H24N4O. The van der Waals surface area contributed by atoms with E-state index in [4.69, 9.17) is 4.74 Å². The maximum absolute atomic E-state index is 5.08. The van der Waals surface area contributed by atoms with E-state index in [1.807, 2.05) is 12.5 Å². The normalized spacial score (nSPS) is 19.8. The molecule has 0 saturated carbocycles. The van der Waals surface area contributed by atoms with Crippen molar-refractivity contribution in [2.24, 2.45) is 0 Å². The molecule has 5 heteroatoms. The number of nitrogens with zero attached hydrogens (tertiary/aromatic N) is 3. The van der Waals surface area contributed by atoms with E-state index in [0.717, 1.165) is 32.8 Å². The molecule has 1 aromatic rings. The highest BCUT2D eigenvalue weighted by Gasteiger charge is 2.19. The minimum Gasteiger partial charge on any atom is -0.383 e. The second-order valence-corrected chi connectivity index (χ2v) is 4.96. The van der Waals surface area contributed by atoms with E-state index in [9.17, 15) is 0 Å². The van der Waals surface area contributed by atoms with E-state index >= 15 is 0 Å². The lowest BCUT2D eigenvalue weighted by atomic mass is 10.2. The molecule has 0 aromatic carbocycles. The van der Waals surface area contributed by atoms with E-state index in [0.29, 0.717) is 6.04 Å². The average molecular weight is 252 g/mol. The van der Waals surface area contributed by atoms with Crippen molar-refractivity contribution in [2.45, 2.75) is 25.4 Å². The highest BCUT2D eigenvalue weighted by atomic mass is 16.5. The molecule has 5 nitrogen and oxygen atoms in total. The van der Waals surface area contributed by atoms with Crippen LogP contribution in [0.15, 0.2) is 12.5 Å². The quantitative estimate of drug-likeness (QED) is 0.782. The number of aromatic nitrogens is 2. The van der Waals surface area contributed by atoms with Crippen LogP contribution in [0.1, 0.15) is 24.6 Å². The lowest BCUT2D eigenvalue weighted by Gasteiger charge is -2.19. The van der Waals surface area contributed by atoms with Crippen LogP contribution in [0.4, 0.5) is 0 Å². The smallest absolute Gasteiger partial charge is 0.0949 e. The summed E-state index contributed by atoms with van der Waals surface area (Å²) >= 11 is 0. The van der Waals surface area contributed by atoms with Gasteiger partial charge in [-0.3, -0.25) is 0 Å². The van der Waals surface area contributed by atoms with Crippen molar-refractivity contribution >= 4 is 0 Å². The summed E-state index contributed by atoms with van der Waals surface area (Å²) in [7, 11) is 3.87. The molecule has 1 aromatic heterocycles. The standard InChI is InChI=1S/C13H24N4O/c1-16(8-9-18-2)6-7-17-11-14-10-13(17)12-4-3-5-15-12/h10-12,15H,3-9H2,1-2H3/t12-/m0/s1. The molecule has 0 bridgehead atoms. The number of rotatable bonds is 7. The van der Waals surface area contributed by atoms with Crippen LogP contribution in [0.5, 0.6) is 0 Å². The first kappa shape index (κ1) is 13.5. The Morgan fingerprint density at radius 2 is 2.44 bits per heavy atom. The molecule has 0 radical (unpaired) electrons. The predicted molar refractivity (Wildman–Crippen MR) is 71.6 cm³/mol. The van der Waals surface area contributed by atoms with Crippen LogP contribution in [-0.2, 0) is 11.3 Å². The second kappa shape index (κ2) is 6.87. The summed E-state index contributed by atoms with van der Waals surface area (Å²) in [5, 5.41) is 3.53. The topological polar surface area (TPSA) is 42.3 Å². The Morgan fingerprint density at radius 1 is 1.56 bits per heavy atom. The van der Waals surface area contributed by atoms with Gasteiger partial charge in [0.2, 0.25) is 0 Å². The van der Waals surface area contributed by atoms with Gasteiger partial charge in [0, 0.05) is 39.0 Å². The predicted octanol–water partition coefficient (Wildman–Crippen LogP) is 0.886. The summed E-state index contributed by atoms with van der Waals surface area (Å²) in [4.78, 5) is 6.57. The molecule has 0 unspecified atom stereocenters. The summed E-state index contributed by atoms with van der Waals surface area (Å²) in [6.07, 6.45) is 6.44. The molecule has 18 heavy (non-hydrogen) atoms. The second-order valence-electron chi connectivity index (χ2n) is 4.96. The summed E-state index contributed by atoms with van der Waals surface area (Å²) in [5.74, 6) is 0. The Kier molecular flexibility index (Phi) is 5.16. The van der Waals surface area contributed by atoms with Gasteiger partial charge in [-0.15, -0.1) is 0 Å². The van der Waals surface area contributed by atoms with Crippen molar-refractivity contribution < 1.29 is 4.74 Å². The van der Waals surface area contributed by atoms with E-state index in [2.05, 4.69) is 26.8 Å². The van der Waals surface area contributed by atoms with Crippen LogP contribution in [0.25, 0.3) is 0 Å². The zero-order chi connectivity index (χ0) is 12.8. The van der Waals surface area contributed by atoms with Gasteiger partial charge in [-0.05, 0) is 26.4 Å². The van der Waals surface area contributed by atoms with Crippen molar-refractivity contribution in [3.63, 3.8) is 0 Å². The van der Waals surface area contributed by atoms with Gasteiger partial charge >= 0.3 is 0 Å². The minimum atomic E-state index is 0.497. The zero-order valence-electron chi connectivity index (χ0n) is 11.4. The first-order valence-corrected chi connectivity index (χ1v) is 6.72. The molecule has 1 fully saturated rings. The lowest BCUT2D eigenvalue weighted by Crippen LogP contribution is -2.27. The van der Waals surface area contributed by atoms with Crippen molar-refractivity contribution in [3.05, 3.63) is 18.2 Å². The van der Waals surface area contributed by atoms with Crippen LogP contribution in [0.2, 0.25) is 0 Å². The Bertz CT molecular complexity index is 347. The summed E-state index contributed by atoms with van der Waals surface area (Å²) in [6, 6.07) is 0.497. The Balaban J connectivity index is 1.83. The van der Waals surface area contributed by atoms with E-state index < -0.39 is 0 Å². The van der Waals surface area contributed by atoms with Crippen LogP contribution < -0.4 is 5.32 Å². The summed E-state index contributed by atoms with van der Waals surface area (Å²) in [6.45, 7) is 4.91. The molecule has 1 aliphatic rings. The molecule has 0 amide bonds. The van der Waals surface area contributed by atoms with Crippen LogP contribution >= 0.6 is 0 Å². The molecule has 0 aliphatic carbocycles. The Morgan fingerprint density at radius 3 is 3.17 bits per heavy atom. The fourth-order valence-electron chi connectivity index (χ4n) is 2.38. The van der Waals surface area contributed by atoms with Crippen molar-refractivity contribution in [1.82, 2.24) is 19.8 Å². The fraction of sp³-hybridized carbons (Fsp3) is 0.769. The number of hydrogen-bond acceptors (Lipinski definition) is 4. The van der Waals surface area contributed by atoms with Crippen molar-refractivity contribution in [1.29, 1.82) is 0 Å². The number of ether oxygens (including phenoxy) is 1. The maximum atomic E-state index is 5.08. The van der Waals surface area contributed by atoms with Crippen LogP contribution in [0.3, 0.4) is 0 Å². The Hall–Kier alpha value is -0.910. The lowest BCUT2D eigenvalue weighted by molar-refractivity contribution is 0.159. The first-order valence-electron chi connectivity index (χ1n) is 6.72. The monoisotopic (exact) mass is 252 g/mol. The molecular weight excluding hydrogens is 228 g/mol. The zero-order valence-corrected chi connectivity index (χ0v) is 11.4. The third kappa shape index (κ3) is 3.54. The first-order chi connectivity index (χ1) is 8.81. The van der Waals surface area contributed by atoms with Gasteiger partial charge in [-0.1, -0.05) is 0 Å². The molecule has 102 valence electrons. The molecule has 0 spiro atoms. The minimum absolute atomic E-state index is 0.497. The van der Waals surface area contributed by atoms with Gasteiger partial charge < -0.3 is 19.5 Å². The largest absolute Gasteiger partial charge is 0.383 e. The van der Waals surface area contributed by atoms with Gasteiger partial charge in [-0.25, -0.2) is 4.98 Å². The number of likely N-dealkylation sites (N-methyl/N-ethyl adjacent to an activating group) is 1. The molecule has 1 aliphatic heterocycles.